The highest BCUT2D eigenvalue weighted by atomic mass is 19.4. The minimum Gasteiger partial charge on any atom is -0.459 e. The van der Waals surface area contributed by atoms with Crippen molar-refractivity contribution in [2.45, 2.75) is 82.9 Å². The van der Waals surface area contributed by atoms with E-state index in [2.05, 4.69) is 10.2 Å². The number of rotatable bonds is 8. The summed E-state index contributed by atoms with van der Waals surface area (Å²) in [6.45, 7) is 7.40. The van der Waals surface area contributed by atoms with Gasteiger partial charge in [0.1, 0.15) is 11.6 Å². The van der Waals surface area contributed by atoms with Crippen LogP contribution >= 0.6 is 0 Å². The fraction of sp³-hybridized carbons (Fsp3) is 0.459. The molecule has 2 saturated heterocycles. The lowest BCUT2D eigenvalue weighted by molar-refractivity contribution is -0.177. The highest BCUT2D eigenvalue weighted by Crippen LogP contribution is 2.37. The van der Waals surface area contributed by atoms with Crippen molar-refractivity contribution in [3.05, 3.63) is 89.0 Å². The van der Waals surface area contributed by atoms with Gasteiger partial charge in [-0.05, 0) is 131 Å². The van der Waals surface area contributed by atoms with Crippen molar-refractivity contribution >= 4 is 17.6 Å². The van der Waals surface area contributed by atoms with Crippen LogP contribution in [-0.4, -0.2) is 65.7 Å². The summed E-state index contributed by atoms with van der Waals surface area (Å²) in [5, 5.41) is 2.83. The Morgan fingerprint density at radius 2 is 1.49 bits per heavy atom. The molecule has 6 nitrogen and oxygen atoms in total. The van der Waals surface area contributed by atoms with Crippen LogP contribution in [0.2, 0.25) is 0 Å². The van der Waals surface area contributed by atoms with E-state index in [1.807, 2.05) is 32.9 Å². The average Bonchev–Trinajstić information content (AvgIpc) is 3.49. The molecule has 3 aromatic rings. The van der Waals surface area contributed by atoms with E-state index in [0.29, 0.717) is 34.4 Å². The third kappa shape index (κ3) is 9.63. The Morgan fingerprint density at radius 3 is 2.08 bits per heavy atom. The maximum atomic E-state index is 13.8. The molecule has 0 bridgehead atoms. The molecule has 49 heavy (non-hydrogen) atoms. The third-order valence-electron chi connectivity index (χ3n) is 9.01. The number of likely N-dealkylation sites (tertiary alicyclic amines) is 2. The number of carbonyl (C=O) groups excluding carboxylic acids is 2. The molecule has 0 spiro atoms. The van der Waals surface area contributed by atoms with E-state index in [0.717, 1.165) is 43.6 Å². The summed E-state index contributed by atoms with van der Waals surface area (Å²) in [7, 11) is 0. The topological polar surface area (TPSA) is 61.9 Å². The normalized spacial score (nSPS) is 18.4. The zero-order valence-electron chi connectivity index (χ0n) is 27.8. The molecule has 12 heteroatoms. The number of benzene rings is 3. The number of hydrogen-bond donors (Lipinski definition) is 1. The van der Waals surface area contributed by atoms with E-state index in [9.17, 15) is 35.9 Å². The standard InChI is InChI=1S/C37H41F6N3O3/c1-35(2,3)49-33(47)23-45-19-16-25(17-20-45)24-6-8-27(9-7-24)34(48)44-30-14-15-31(26-10-12-29(13-11-26)36(38,39)40)28(21-30)22-46-18-4-5-32(46)37(41,42)43/h6-15,21,25,32H,4-5,16-20,22-23H2,1-3H3,(H,44,48)/t32-/m0/s1. The van der Waals surface area contributed by atoms with E-state index in [1.54, 1.807) is 30.3 Å². The fourth-order valence-electron chi connectivity index (χ4n) is 6.62. The number of anilines is 1. The lowest BCUT2D eigenvalue weighted by Gasteiger charge is -2.32. The summed E-state index contributed by atoms with van der Waals surface area (Å²) >= 11 is 0. The summed E-state index contributed by atoms with van der Waals surface area (Å²) in [6.07, 6.45) is -6.89. The van der Waals surface area contributed by atoms with Gasteiger partial charge in [-0.1, -0.05) is 30.3 Å². The quantitative estimate of drug-likeness (QED) is 0.190. The van der Waals surface area contributed by atoms with Crippen molar-refractivity contribution in [3.8, 4) is 11.1 Å². The van der Waals surface area contributed by atoms with Gasteiger partial charge in [-0.15, -0.1) is 0 Å². The second kappa shape index (κ2) is 14.5. The molecular weight excluding hydrogens is 648 g/mol. The fourth-order valence-corrected chi connectivity index (χ4v) is 6.62. The van der Waals surface area contributed by atoms with Crippen LogP contribution in [0.25, 0.3) is 11.1 Å². The Balaban J connectivity index is 1.27. The average molecular weight is 690 g/mol. The Morgan fingerprint density at radius 1 is 0.837 bits per heavy atom. The highest BCUT2D eigenvalue weighted by molar-refractivity contribution is 6.04. The smallest absolute Gasteiger partial charge is 0.416 e. The first-order valence-electron chi connectivity index (χ1n) is 16.4. The summed E-state index contributed by atoms with van der Waals surface area (Å²) in [5.74, 6) is -0.371. The Bertz CT molecular complexity index is 1610. The van der Waals surface area contributed by atoms with Crippen LogP contribution in [0.4, 0.5) is 32.0 Å². The van der Waals surface area contributed by atoms with Gasteiger partial charge < -0.3 is 10.1 Å². The number of hydrogen-bond acceptors (Lipinski definition) is 5. The van der Waals surface area contributed by atoms with E-state index in [1.165, 1.54) is 17.0 Å². The lowest BCUT2D eigenvalue weighted by atomic mass is 9.89. The van der Waals surface area contributed by atoms with E-state index >= 15 is 0 Å². The Hall–Kier alpha value is -3.90. The van der Waals surface area contributed by atoms with Gasteiger partial charge in [-0.25, -0.2) is 0 Å². The minimum absolute atomic E-state index is 0.0310. The summed E-state index contributed by atoms with van der Waals surface area (Å²) in [5.41, 5.74) is 1.86. The third-order valence-corrected chi connectivity index (χ3v) is 9.01. The van der Waals surface area contributed by atoms with E-state index in [4.69, 9.17) is 4.74 Å². The second-order valence-electron chi connectivity index (χ2n) is 13.8. The first-order chi connectivity index (χ1) is 23.0. The van der Waals surface area contributed by atoms with Crippen molar-refractivity contribution in [3.63, 3.8) is 0 Å². The number of alkyl halides is 6. The highest BCUT2D eigenvalue weighted by Gasteiger charge is 2.45. The molecule has 2 heterocycles. The van der Waals surface area contributed by atoms with Crippen molar-refractivity contribution < 1.29 is 40.7 Å². The molecular formula is C37H41F6N3O3. The van der Waals surface area contributed by atoms with E-state index < -0.39 is 35.5 Å². The SMILES string of the molecule is CC(C)(C)OC(=O)CN1CCC(c2ccc(C(=O)Nc3ccc(-c4ccc(C(F)(F)F)cc4)c(CN4CCC[C@H]4C(F)(F)F)c3)cc2)CC1. The van der Waals surface area contributed by atoms with Crippen LogP contribution in [0, 0.1) is 0 Å². The minimum atomic E-state index is -4.52. The molecule has 264 valence electrons. The molecule has 1 atom stereocenters. The van der Waals surface area contributed by atoms with Crippen molar-refractivity contribution in [2.24, 2.45) is 0 Å². The van der Waals surface area contributed by atoms with Crippen molar-refractivity contribution in [2.75, 3.05) is 31.5 Å². The van der Waals surface area contributed by atoms with Crippen LogP contribution in [0.3, 0.4) is 0 Å². The van der Waals surface area contributed by atoms with Gasteiger partial charge >= 0.3 is 18.3 Å². The number of halogens is 6. The molecule has 0 aliphatic carbocycles. The van der Waals surface area contributed by atoms with Gasteiger partial charge in [0.2, 0.25) is 0 Å². The van der Waals surface area contributed by atoms with Gasteiger partial charge in [-0.3, -0.25) is 19.4 Å². The molecule has 0 unspecified atom stereocenters. The molecule has 2 fully saturated rings. The maximum Gasteiger partial charge on any atom is 0.416 e. The monoisotopic (exact) mass is 689 g/mol. The number of nitrogens with zero attached hydrogens (tertiary/aromatic N) is 2. The first kappa shape index (κ1) is 36.4. The van der Waals surface area contributed by atoms with Gasteiger partial charge in [0.25, 0.3) is 5.91 Å². The van der Waals surface area contributed by atoms with Crippen molar-refractivity contribution in [1.29, 1.82) is 0 Å². The zero-order chi connectivity index (χ0) is 35.6. The zero-order valence-corrected chi connectivity index (χ0v) is 27.8. The maximum absolute atomic E-state index is 13.8. The van der Waals surface area contributed by atoms with Gasteiger partial charge in [0.05, 0.1) is 12.1 Å². The predicted molar refractivity (Wildman–Crippen MR) is 175 cm³/mol. The van der Waals surface area contributed by atoms with Gasteiger partial charge in [-0.2, -0.15) is 26.3 Å². The predicted octanol–water partition coefficient (Wildman–Crippen LogP) is 8.67. The molecule has 1 amide bonds. The molecule has 0 saturated carbocycles. The number of carbonyl (C=O) groups is 2. The van der Waals surface area contributed by atoms with Crippen LogP contribution < -0.4 is 5.32 Å². The summed E-state index contributed by atoms with van der Waals surface area (Å²) in [6, 6.07) is 15.0. The largest absolute Gasteiger partial charge is 0.459 e. The molecule has 2 aliphatic heterocycles. The summed E-state index contributed by atoms with van der Waals surface area (Å²) in [4.78, 5) is 28.9. The van der Waals surface area contributed by atoms with Crippen LogP contribution in [0.15, 0.2) is 66.7 Å². The van der Waals surface area contributed by atoms with Crippen molar-refractivity contribution in [1.82, 2.24) is 9.80 Å². The van der Waals surface area contributed by atoms with E-state index in [-0.39, 0.29) is 37.9 Å². The molecule has 3 aromatic carbocycles. The Labute approximate surface area is 282 Å². The molecule has 2 aliphatic rings. The van der Waals surface area contributed by atoms with Crippen LogP contribution in [-0.2, 0) is 22.3 Å². The van der Waals surface area contributed by atoms with Crippen LogP contribution in [0.1, 0.15) is 79.4 Å². The number of ether oxygens (including phenoxy) is 1. The van der Waals surface area contributed by atoms with Crippen LogP contribution in [0.5, 0.6) is 0 Å². The molecule has 0 aromatic heterocycles. The number of amides is 1. The number of piperidine rings is 1. The number of esters is 1. The number of nitrogens with one attached hydrogen (secondary N) is 1. The Kier molecular flexibility index (Phi) is 10.8. The lowest BCUT2D eigenvalue weighted by Crippen LogP contribution is -2.40. The molecule has 5 rings (SSSR count). The molecule has 0 radical (unpaired) electrons. The van der Waals surface area contributed by atoms with Gasteiger partial charge in [0, 0.05) is 17.8 Å². The van der Waals surface area contributed by atoms with Gasteiger partial charge in [0.15, 0.2) is 0 Å². The second-order valence-corrected chi connectivity index (χ2v) is 13.8. The molecule has 1 N–H and O–H groups in total. The summed E-state index contributed by atoms with van der Waals surface area (Å²) < 4.78 is 86.3. The first-order valence-corrected chi connectivity index (χ1v) is 16.4.